The van der Waals surface area contributed by atoms with E-state index in [4.69, 9.17) is 28.9 Å². The fraction of sp³-hybridized carbons (Fsp3) is 0.391. The molecule has 1 aromatic rings. The zero-order valence-corrected chi connectivity index (χ0v) is 19.6. The van der Waals surface area contributed by atoms with Crippen molar-refractivity contribution in [1.82, 2.24) is 4.90 Å². The van der Waals surface area contributed by atoms with Crippen LogP contribution in [0.15, 0.2) is 63.8 Å². The third-order valence-corrected chi connectivity index (χ3v) is 6.27. The van der Waals surface area contributed by atoms with Crippen molar-refractivity contribution in [2.24, 2.45) is 10.7 Å². The highest BCUT2D eigenvalue weighted by molar-refractivity contribution is 6.43. The lowest BCUT2D eigenvalue weighted by atomic mass is 9.99. The molecule has 0 bridgehead atoms. The molecule has 1 heterocycles. The number of anilines is 1. The Morgan fingerprint density at radius 3 is 2.30 bits per heavy atom. The van der Waals surface area contributed by atoms with E-state index in [1.807, 2.05) is 36.4 Å². The van der Waals surface area contributed by atoms with Crippen molar-refractivity contribution in [3.05, 3.63) is 63.8 Å². The van der Waals surface area contributed by atoms with Crippen molar-refractivity contribution in [3.8, 4) is 0 Å². The predicted octanol–water partition coefficient (Wildman–Crippen LogP) is 5.07. The molecule has 1 unspecified atom stereocenters. The molecule has 0 saturated carbocycles. The van der Waals surface area contributed by atoms with Crippen molar-refractivity contribution < 1.29 is 18.0 Å². The summed E-state index contributed by atoms with van der Waals surface area (Å²) in [7, 11) is 0. The molecule has 1 saturated heterocycles. The van der Waals surface area contributed by atoms with E-state index in [0.29, 0.717) is 36.8 Å². The van der Waals surface area contributed by atoms with E-state index in [9.17, 15) is 18.0 Å². The van der Waals surface area contributed by atoms with Crippen LogP contribution in [0, 0.1) is 0 Å². The molecule has 1 amide bonds. The average molecular weight is 501 g/mol. The van der Waals surface area contributed by atoms with Gasteiger partial charge in [0.05, 0.1) is 10.7 Å². The quantitative estimate of drug-likeness (QED) is 0.574. The molecule has 33 heavy (non-hydrogen) atoms. The summed E-state index contributed by atoms with van der Waals surface area (Å²) in [5, 5.41) is -0.0513. The number of rotatable bonds is 5. The summed E-state index contributed by atoms with van der Waals surface area (Å²) in [6.07, 6.45) is 2.36. The number of carbonyl (C=O) groups excluding carboxylic acids is 1. The standard InChI is InChI=1S/C23H25Cl2F3N4O/c1-15(19(25)21(29)23(26,27)28)30-20(16-5-3-2-4-6-16)22(33)32-13-11-31(12-14-32)18-9-7-17(24)8-10-18/h3,5-10,20H,2,4,11-14,29H2,1H3. The lowest BCUT2D eigenvalue weighted by molar-refractivity contribution is -0.131. The van der Waals surface area contributed by atoms with Gasteiger partial charge < -0.3 is 15.5 Å². The molecule has 1 atom stereocenters. The molecule has 1 aliphatic heterocycles. The fourth-order valence-corrected chi connectivity index (χ4v) is 3.97. The van der Waals surface area contributed by atoms with Crippen LogP contribution in [0.2, 0.25) is 5.02 Å². The van der Waals surface area contributed by atoms with E-state index in [-0.39, 0.29) is 11.6 Å². The maximum atomic E-state index is 13.4. The minimum atomic E-state index is -4.78. The molecule has 3 rings (SSSR count). The van der Waals surface area contributed by atoms with Crippen LogP contribution >= 0.6 is 23.2 Å². The Morgan fingerprint density at radius 1 is 1.12 bits per heavy atom. The first-order valence-corrected chi connectivity index (χ1v) is 11.3. The molecule has 10 heteroatoms. The fourth-order valence-electron chi connectivity index (χ4n) is 3.69. The first-order chi connectivity index (χ1) is 15.6. The Morgan fingerprint density at radius 2 is 1.76 bits per heavy atom. The summed E-state index contributed by atoms with van der Waals surface area (Å²) >= 11 is 11.8. The monoisotopic (exact) mass is 500 g/mol. The molecule has 0 aromatic heterocycles. The van der Waals surface area contributed by atoms with Crippen molar-refractivity contribution in [2.75, 3.05) is 31.1 Å². The molecule has 1 aromatic carbocycles. The Balaban J connectivity index is 1.80. The van der Waals surface area contributed by atoms with Gasteiger partial charge in [-0.3, -0.25) is 9.79 Å². The molecule has 5 nitrogen and oxygen atoms in total. The SMILES string of the molecule is CC(=NC(C(=O)N1CCN(c2ccc(Cl)cc2)CC1)C1=CCCC=C1)C(Cl)=C(N)C(F)(F)F. The van der Waals surface area contributed by atoms with E-state index in [1.54, 1.807) is 11.0 Å². The second kappa shape index (κ2) is 10.7. The van der Waals surface area contributed by atoms with Crippen LogP contribution in [0.4, 0.5) is 18.9 Å². The van der Waals surface area contributed by atoms with Gasteiger partial charge in [0.1, 0.15) is 5.70 Å². The van der Waals surface area contributed by atoms with Crippen molar-refractivity contribution in [2.45, 2.75) is 32.0 Å². The number of nitrogens with two attached hydrogens (primary N) is 1. The normalized spacial score (nSPS) is 19.2. The smallest absolute Gasteiger partial charge is 0.393 e. The first-order valence-electron chi connectivity index (χ1n) is 10.5. The molecular weight excluding hydrogens is 476 g/mol. The van der Waals surface area contributed by atoms with Crippen LogP contribution in [0.25, 0.3) is 0 Å². The van der Waals surface area contributed by atoms with Gasteiger partial charge in [0.2, 0.25) is 0 Å². The maximum absolute atomic E-state index is 13.4. The number of hydrogen-bond acceptors (Lipinski definition) is 4. The summed E-state index contributed by atoms with van der Waals surface area (Å²) in [5.74, 6) is -0.280. The van der Waals surface area contributed by atoms with Gasteiger partial charge in [-0.25, -0.2) is 0 Å². The molecular formula is C23H25Cl2F3N4O. The van der Waals surface area contributed by atoms with E-state index in [1.165, 1.54) is 6.92 Å². The molecule has 0 radical (unpaired) electrons. The van der Waals surface area contributed by atoms with Crippen LogP contribution in [0.1, 0.15) is 19.8 Å². The molecule has 1 fully saturated rings. The van der Waals surface area contributed by atoms with Crippen molar-refractivity contribution in [3.63, 3.8) is 0 Å². The number of nitrogens with zero attached hydrogens (tertiary/aromatic N) is 3. The Labute approximate surface area is 201 Å². The van der Waals surface area contributed by atoms with Crippen LogP contribution in [0.5, 0.6) is 0 Å². The number of hydrogen-bond donors (Lipinski definition) is 1. The second-order valence-electron chi connectivity index (χ2n) is 7.82. The summed E-state index contributed by atoms with van der Waals surface area (Å²) in [6, 6.07) is 6.49. The highest BCUT2D eigenvalue weighted by Crippen LogP contribution is 2.28. The summed E-state index contributed by atoms with van der Waals surface area (Å²) in [5.41, 5.74) is 5.24. The topological polar surface area (TPSA) is 61.9 Å². The number of halogens is 5. The first kappa shape index (κ1) is 25.2. The van der Waals surface area contributed by atoms with Crippen molar-refractivity contribution >= 4 is 40.5 Å². The third-order valence-electron chi connectivity index (χ3n) is 5.54. The van der Waals surface area contributed by atoms with E-state index >= 15 is 0 Å². The lowest BCUT2D eigenvalue weighted by Gasteiger charge is -2.37. The minimum absolute atomic E-state index is 0.135. The molecule has 2 N–H and O–H groups in total. The van der Waals surface area contributed by atoms with Gasteiger partial charge in [0.15, 0.2) is 6.04 Å². The van der Waals surface area contributed by atoms with Gasteiger partial charge in [-0.15, -0.1) is 0 Å². The Kier molecular flexibility index (Phi) is 8.13. The van der Waals surface area contributed by atoms with Gasteiger partial charge in [-0.1, -0.05) is 41.4 Å². The number of benzene rings is 1. The molecule has 1 aliphatic carbocycles. The van der Waals surface area contributed by atoms with Crippen LogP contribution in [-0.4, -0.2) is 54.9 Å². The Hall–Kier alpha value is -2.45. The highest BCUT2D eigenvalue weighted by atomic mass is 35.5. The van der Waals surface area contributed by atoms with Gasteiger partial charge in [0, 0.05) is 36.9 Å². The van der Waals surface area contributed by atoms with Gasteiger partial charge in [-0.05, 0) is 49.6 Å². The number of amides is 1. The van der Waals surface area contributed by atoms with E-state index in [2.05, 4.69) is 9.89 Å². The number of piperazine rings is 1. The van der Waals surface area contributed by atoms with Crippen LogP contribution in [0.3, 0.4) is 0 Å². The van der Waals surface area contributed by atoms with Gasteiger partial charge in [0.25, 0.3) is 5.91 Å². The van der Waals surface area contributed by atoms with Crippen LogP contribution < -0.4 is 10.6 Å². The van der Waals surface area contributed by atoms with Crippen molar-refractivity contribution in [1.29, 1.82) is 0 Å². The molecule has 2 aliphatic rings. The summed E-state index contributed by atoms with van der Waals surface area (Å²) < 4.78 is 38.9. The zero-order valence-electron chi connectivity index (χ0n) is 18.1. The summed E-state index contributed by atoms with van der Waals surface area (Å²) in [6.45, 7) is 3.46. The van der Waals surface area contributed by atoms with E-state index in [0.717, 1.165) is 18.5 Å². The number of aliphatic imine (C=N–C) groups is 1. The number of alkyl halides is 3. The maximum Gasteiger partial charge on any atom is 0.432 e. The predicted molar refractivity (Wildman–Crippen MR) is 127 cm³/mol. The summed E-state index contributed by atoms with van der Waals surface area (Å²) in [4.78, 5) is 21.5. The number of carbonyl (C=O) groups is 1. The molecule has 178 valence electrons. The molecule has 0 spiro atoms. The van der Waals surface area contributed by atoms with Crippen LogP contribution in [-0.2, 0) is 4.79 Å². The number of allylic oxidation sites excluding steroid dienone is 4. The average Bonchev–Trinajstić information content (AvgIpc) is 2.81. The largest absolute Gasteiger partial charge is 0.432 e. The second-order valence-corrected chi connectivity index (χ2v) is 8.63. The minimum Gasteiger partial charge on any atom is -0.393 e. The highest BCUT2D eigenvalue weighted by Gasteiger charge is 2.35. The zero-order chi connectivity index (χ0) is 24.2. The van der Waals surface area contributed by atoms with Gasteiger partial charge >= 0.3 is 6.18 Å². The van der Waals surface area contributed by atoms with Gasteiger partial charge in [-0.2, -0.15) is 13.2 Å². The third kappa shape index (κ3) is 6.32. The van der Waals surface area contributed by atoms with E-state index < -0.39 is 22.9 Å². The lowest BCUT2D eigenvalue weighted by Crippen LogP contribution is -2.51. The Bertz CT molecular complexity index is 992.